The van der Waals surface area contributed by atoms with Gasteiger partial charge in [-0.2, -0.15) is 0 Å². The maximum atomic E-state index is 8.85. The molecule has 0 aliphatic rings. The summed E-state index contributed by atoms with van der Waals surface area (Å²) < 4.78 is 0. The van der Waals surface area contributed by atoms with Crippen LogP contribution < -0.4 is 0 Å². The van der Waals surface area contributed by atoms with Crippen molar-refractivity contribution in [3.05, 3.63) is 10.4 Å². The lowest BCUT2D eigenvalue weighted by Crippen LogP contribution is -2.09. The van der Waals surface area contributed by atoms with E-state index in [4.69, 9.17) is 5.11 Å². The molecular weight excluding hydrogens is 160 g/mol. The van der Waals surface area contributed by atoms with Gasteiger partial charge in [0.05, 0.1) is 5.38 Å². The van der Waals surface area contributed by atoms with E-state index in [0.29, 0.717) is 0 Å². The molecule has 0 bridgehead atoms. The van der Waals surface area contributed by atoms with Gasteiger partial charge in [0.15, 0.2) is 0 Å². The van der Waals surface area contributed by atoms with E-state index >= 15 is 0 Å². The first-order valence-corrected chi connectivity index (χ1v) is 3.84. The standard InChI is InChI=1S/C6H10N2OS.CH4/c1-8(2)3-6-7-5(9)4-10-6;/h4,9H,3H2,1-2H3;1H4. The van der Waals surface area contributed by atoms with E-state index < -0.39 is 0 Å². The molecule has 1 heterocycles. The van der Waals surface area contributed by atoms with Crippen LogP contribution in [-0.2, 0) is 6.54 Å². The van der Waals surface area contributed by atoms with Crippen molar-refractivity contribution in [3.63, 3.8) is 0 Å². The monoisotopic (exact) mass is 174 g/mol. The van der Waals surface area contributed by atoms with Crippen LogP contribution in [0.15, 0.2) is 5.38 Å². The predicted molar refractivity (Wildman–Crippen MR) is 47.9 cm³/mol. The predicted octanol–water partition coefficient (Wildman–Crippen LogP) is 1.55. The van der Waals surface area contributed by atoms with Gasteiger partial charge >= 0.3 is 0 Å². The van der Waals surface area contributed by atoms with E-state index in [2.05, 4.69) is 4.98 Å². The fourth-order valence-corrected chi connectivity index (χ4v) is 1.42. The molecule has 1 N–H and O–H groups in total. The zero-order valence-corrected chi connectivity index (χ0v) is 6.85. The molecule has 0 aromatic carbocycles. The molecule has 0 fully saturated rings. The van der Waals surface area contributed by atoms with E-state index in [9.17, 15) is 0 Å². The lowest BCUT2D eigenvalue weighted by atomic mass is 10.6. The van der Waals surface area contributed by atoms with Crippen LogP contribution in [-0.4, -0.2) is 29.1 Å². The second kappa shape index (κ2) is 4.31. The minimum Gasteiger partial charge on any atom is -0.493 e. The molecule has 0 amide bonds. The minimum atomic E-state index is 0. The third-order valence-corrected chi connectivity index (χ3v) is 1.81. The molecule has 0 atom stereocenters. The number of aromatic hydroxyl groups is 1. The summed E-state index contributed by atoms with van der Waals surface area (Å²) in [5, 5.41) is 11.4. The molecule has 11 heavy (non-hydrogen) atoms. The third kappa shape index (κ3) is 3.34. The third-order valence-electron chi connectivity index (χ3n) is 0.991. The number of hydrogen-bond donors (Lipinski definition) is 1. The Bertz CT molecular complexity index is 210. The highest BCUT2D eigenvalue weighted by atomic mass is 32.1. The van der Waals surface area contributed by atoms with Crippen molar-refractivity contribution in [2.24, 2.45) is 0 Å². The van der Waals surface area contributed by atoms with Crippen molar-refractivity contribution in [2.45, 2.75) is 14.0 Å². The summed E-state index contributed by atoms with van der Waals surface area (Å²) in [6.07, 6.45) is 0. The molecule has 0 saturated carbocycles. The van der Waals surface area contributed by atoms with Gasteiger partial charge in [-0.15, -0.1) is 11.3 Å². The first-order chi connectivity index (χ1) is 4.68. The summed E-state index contributed by atoms with van der Waals surface area (Å²) in [6.45, 7) is 0.797. The second-order valence-electron chi connectivity index (χ2n) is 2.34. The molecule has 0 aliphatic heterocycles. The number of hydrogen-bond acceptors (Lipinski definition) is 4. The lowest BCUT2D eigenvalue weighted by molar-refractivity contribution is 0.396. The van der Waals surface area contributed by atoms with Gasteiger partial charge in [0, 0.05) is 6.54 Å². The number of thiazole rings is 1. The SMILES string of the molecule is C.CN(C)Cc1nc(O)cs1. The Balaban J connectivity index is 0.000001000. The number of nitrogens with zero attached hydrogens (tertiary/aromatic N) is 2. The Hall–Kier alpha value is -0.610. The normalized spacial score (nSPS) is 9.73. The molecule has 1 rings (SSSR count). The van der Waals surface area contributed by atoms with Gasteiger partial charge in [0.25, 0.3) is 0 Å². The second-order valence-corrected chi connectivity index (χ2v) is 3.28. The van der Waals surface area contributed by atoms with Gasteiger partial charge < -0.3 is 10.0 Å². The van der Waals surface area contributed by atoms with Crippen molar-refractivity contribution >= 4 is 11.3 Å². The highest BCUT2D eigenvalue weighted by Crippen LogP contribution is 2.14. The van der Waals surface area contributed by atoms with E-state index in [0.717, 1.165) is 11.6 Å². The average Bonchev–Trinajstić information content (AvgIpc) is 2.13. The van der Waals surface area contributed by atoms with Crippen LogP contribution in [0.4, 0.5) is 0 Å². The number of rotatable bonds is 2. The van der Waals surface area contributed by atoms with Crippen molar-refractivity contribution in [2.75, 3.05) is 14.1 Å². The Labute approximate surface area is 71.3 Å². The Morgan fingerprint density at radius 1 is 1.64 bits per heavy atom. The highest BCUT2D eigenvalue weighted by molar-refractivity contribution is 7.09. The largest absolute Gasteiger partial charge is 0.493 e. The van der Waals surface area contributed by atoms with Gasteiger partial charge in [-0.05, 0) is 14.1 Å². The maximum Gasteiger partial charge on any atom is 0.222 e. The van der Waals surface area contributed by atoms with Crippen LogP contribution in [0.3, 0.4) is 0 Å². The first kappa shape index (κ1) is 10.4. The zero-order chi connectivity index (χ0) is 7.56. The van der Waals surface area contributed by atoms with Crippen molar-refractivity contribution in [1.29, 1.82) is 0 Å². The Morgan fingerprint density at radius 3 is 2.64 bits per heavy atom. The molecule has 0 unspecified atom stereocenters. The van der Waals surface area contributed by atoms with Crippen molar-refractivity contribution in [3.8, 4) is 5.88 Å². The summed E-state index contributed by atoms with van der Waals surface area (Å²) in [5.74, 6) is 0.127. The summed E-state index contributed by atoms with van der Waals surface area (Å²) in [5.41, 5.74) is 0. The summed E-state index contributed by atoms with van der Waals surface area (Å²) in [4.78, 5) is 5.90. The van der Waals surface area contributed by atoms with E-state index in [1.807, 2.05) is 19.0 Å². The van der Waals surface area contributed by atoms with Gasteiger partial charge in [0.2, 0.25) is 5.88 Å². The van der Waals surface area contributed by atoms with Gasteiger partial charge in [-0.3, -0.25) is 0 Å². The highest BCUT2D eigenvalue weighted by Gasteiger charge is 1.99. The molecule has 1 aromatic heterocycles. The molecule has 1 aromatic rings. The quantitative estimate of drug-likeness (QED) is 0.739. The molecule has 0 radical (unpaired) electrons. The zero-order valence-electron chi connectivity index (χ0n) is 6.03. The van der Waals surface area contributed by atoms with Crippen LogP contribution in [0.25, 0.3) is 0 Å². The number of aromatic nitrogens is 1. The molecule has 3 nitrogen and oxygen atoms in total. The summed E-state index contributed by atoms with van der Waals surface area (Å²) in [6, 6.07) is 0. The Morgan fingerprint density at radius 2 is 2.27 bits per heavy atom. The van der Waals surface area contributed by atoms with Crippen LogP contribution in [0.1, 0.15) is 12.4 Å². The van der Waals surface area contributed by atoms with Crippen LogP contribution in [0.5, 0.6) is 5.88 Å². The lowest BCUT2D eigenvalue weighted by Gasteiger charge is -2.04. The van der Waals surface area contributed by atoms with E-state index in [1.165, 1.54) is 11.3 Å². The minimum absolute atomic E-state index is 0. The van der Waals surface area contributed by atoms with Crippen LogP contribution >= 0.6 is 11.3 Å². The smallest absolute Gasteiger partial charge is 0.222 e. The van der Waals surface area contributed by atoms with Gasteiger partial charge in [0.1, 0.15) is 5.01 Å². The van der Waals surface area contributed by atoms with Crippen molar-refractivity contribution in [1.82, 2.24) is 9.88 Å². The maximum absolute atomic E-state index is 8.85. The van der Waals surface area contributed by atoms with Gasteiger partial charge in [-0.1, -0.05) is 7.43 Å². The van der Waals surface area contributed by atoms with Gasteiger partial charge in [-0.25, -0.2) is 4.98 Å². The molecule has 0 saturated heterocycles. The molecular formula is C7H14N2OS. The van der Waals surface area contributed by atoms with Crippen LogP contribution in [0, 0.1) is 0 Å². The average molecular weight is 174 g/mol. The fourth-order valence-electron chi connectivity index (χ4n) is 0.644. The summed E-state index contributed by atoms with van der Waals surface area (Å²) in [7, 11) is 3.94. The Kier molecular flexibility index (Phi) is 4.07. The van der Waals surface area contributed by atoms with E-state index in [-0.39, 0.29) is 13.3 Å². The topological polar surface area (TPSA) is 36.4 Å². The van der Waals surface area contributed by atoms with Crippen LogP contribution in [0.2, 0.25) is 0 Å². The molecule has 64 valence electrons. The first-order valence-electron chi connectivity index (χ1n) is 2.96. The fraction of sp³-hybridized carbons (Fsp3) is 0.571. The summed E-state index contributed by atoms with van der Waals surface area (Å²) >= 11 is 1.48. The molecule has 0 aliphatic carbocycles. The molecule has 4 heteroatoms. The van der Waals surface area contributed by atoms with Crippen molar-refractivity contribution < 1.29 is 5.11 Å². The van der Waals surface area contributed by atoms with E-state index in [1.54, 1.807) is 5.38 Å². The molecule has 0 spiro atoms.